The molecule has 2 N–H and O–H groups in total. The highest BCUT2D eigenvalue weighted by Gasteiger charge is 2.35. The lowest BCUT2D eigenvalue weighted by atomic mass is 9.68. The molecule has 2 heteroatoms. The number of hydrogen-bond acceptors (Lipinski definition) is 1. The van der Waals surface area contributed by atoms with Crippen LogP contribution in [0.25, 0.3) is 0 Å². The van der Waals surface area contributed by atoms with Crippen LogP contribution in [-0.4, -0.2) is 4.99 Å². The highest BCUT2D eigenvalue weighted by Crippen LogP contribution is 2.42. The second kappa shape index (κ2) is 3.79. The second-order valence-corrected chi connectivity index (χ2v) is 4.97. The largest absolute Gasteiger partial charge is 0.393 e. The second-order valence-electron chi connectivity index (χ2n) is 4.50. The Labute approximate surface area is 86.4 Å². The van der Waals surface area contributed by atoms with Crippen molar-refractivity contribution in [1.29, 1.82) is 0 Å². The number of rotatable bonds is 2. The highest BCUT2D eigenvalue weighted by atomic mass is 32.1. The summed E-state index contributed by atoms with van der Waals surface area (Å²) in [4.78, 5) is 0.665. The van der Waals surface area contributed by atoms with E-state index in [-0.39, 0.29) is 5.41 Å². The van der Waals surface area contributed by atoms with Crippen molar-refractivity contribution in [3.05, 3.63) is 11.6 Å². The van der Waals surface area contributed by atoms with Crippen molar-refractivity contribution in [2.45, 2.75) is 40.0 Å². The number of allylic oxidation sites excluding steroid dienone is 1. The van der Waals surface area contributed by atoms with E-state index >= 15 is 0 Å². The first-order chi connectivity index (χ1) is 5.99. The van der Waals surface area contributed by atoms with Crippen LogP contribution < -0.4 is 5.73 Å². The Morgan fingerprint density at radius 3 is 2.69 bits per heavy atom. The van der Waals surface area contributed by atoms with Crippen LogP contribution in [0.1, 0.15) is 40.0 Å². The van der Waals surface area contributed by atoms with Gasteiger partial charge in [-0.25, -0.2) is 0 Å². The third-order valence-electron chi connectivity index (χ3n) is 3.04. The van der Waals surface area contributed by atoms with Gasteiger partial charge in [0.2, 0.25) is 0 Å². The molecule has 0 aliphatic heterocycles. The van der Waals surface area contributed by atoms with Crippen LogP contribution in [-0.2, 0) is 0 Å². The van der Waals surface area contributed by atoms with Gasteiger partial charge in [-0.2, -0.15) is 0 Å². The molecule has 1 unspecified atom stereocenters. The van der Waals surface area contributed by atoms with Crippen molar-refractivity contribution in [1.82, 2.24) is 0 Å². The van der Waals surface area contributed by atoms with Gasteiger partial charge in [0.05, 0.1) is 4.99 Å². The molecule has 0 fully saturated rings. The minimum Gasteiger partial charge on any atom is -0.393 e. The first-order valence-electron chi connectivity index (χ1n) is 4.97. The SMILES string of the molecule is CCC1=CCCC(C)(C)C1C(N)=S. The molecule has 1 aliphatic rings. The van der Waals surface area contributed by atoms with E-state index in [1.807, 2.05) is 0 Å². The van der Waals surface area contributed by atoms with Crippen molar-refractivity contribution in [3.8, 4) is 0 Å². The highest BCUT2D eigenvalue weighted by molar-refractivity contribution is 7.80. The number of thiocarbonyl (C=S) groups is 1. The van der Waals surface area contributed by atoms with Crippen LogP contribution in [0, 0.1) is 11.3 Å². The van der Waals surface area contributed by atoms with Crippen LogP contribution in [0.4, 0.5) is 0 Å². The maximum absolute atomic E-state index is 5.80. The first kappa shape index (κ1) is 10.7. The minimum absolute atomic E-state index is 0.256. The average Bonchev–Trinajstić information content (AvgIpc) is 2.01. The van der Waals surface area contributed by atoms with Gasteiger partial charge in [-0.15, -0.1) is 0 Å². The lowest BCUT2D eigenvalue weighted by molar-refractivity contribution is 0.267. The fraction of sp³-hybridized carbons (Fsp3) is 0.727. The van der Waals surface area contributed by atoms with Crippen molar-refractivity contribution in [2.24, 2.45) is 17.1 Å². The summed E-state index contributed by atoms with van der Waals surface area (Å²) in [7, 11) is 0. The average molecular weight is 197 g/mol. The van der Waals surface area contributed by atoms with Crippen molar-refractivity contribution in [2.75, 3.05) is 0 Å². The molecule has 0 radical (unpaired) electrons. The lowest BCUT2D eigenvalue weighted by Crippen LogP contribution is -2.37. The van der Waals surface area contributed by atoms with E-state index in [2.05, 4.69) is 26.8 Å². The van der Waals surface area contributed by atoms with Gasteiger partial charge in [0.15, 0.2) is 0 Å². The topological polar surface area (TPSA) is 26.0 Å². The Balaban J connectivity index is 2.98. The predicted molar refractivity (Wildman–Crippen MR) is 61.7 cm³/mol. The van der Waals surface area contributed by atoms with E-state index < -0.39 is 0 Å². The monoisotopic (exact) mass is 197 g/mol. The molecule has 0 aromatic carbocycles. The van der Waals surface area contributed by atoms with Gasteiger partial charge in [0.1, 0.15) is 0 Å². The van der Waals surface area contributed by atoms with Crippen LogP contribution in [0.15, 0.2) is 11.6 Å². The van der Waals surface area contributed by atoms with Crippen LogP contribution in [0.2, 0.25) is 0 Å². The molecule has 13 heavy (non-hydrogen) atoms. The van der Waals surface area contributed by atoms with E-state index in [4.69, 9.17) is 18.0 Å². The molecular formula is C11H19NS. The summed E-state index contributed by atoms with van der Waals surface area (Å²) in [5.41, 5.74) is 7.49. The zero-order valence-corrected chi connectivity index (χ0v) is 9.58. The summed E-state index contributed by atoms with van der Waals surface area (Å²) < 4.78 is 0. The van der Waals surface area contributed by atoms with Crippen molar-refractivity contribution < 1.29 is 0 Å². The summed E-state index contributed by atoms with van der Waals surface area (Å²) in [6.07, 6.45) is 5.76. The Kier molecular flexibility index (Phi) is 3.12. The van der Waals surface area contributed by atoms with E-state index in [0.717, 1.165) is 6.42 Å². The van der Waals surface area contributed by atoms with E-state index in [9.17, 15) is 0 Å². The molecular weight excluding hydrogens is 178 g/mol. The normalized spacial score (nSPS) is 26.7. The maximum atomic E-state index is 5.80. The molecule has 0 amide bonds. The van der Waals surface area contributed by atoms with E-state index in [1.54, 1.807) is 0 Å². The standard InChI is InChI=1S/C11H19NS/c1-4-8-6-5-7-11(2,3)9(8)10(12)13/h6,9H,4-5,7H2,1-3H3,(H2,12,13). The fourth-order valence-electron chi connectivity index (χ4n) is 2.31. The quantitative estimate of drug-likeness (QED) is 0.544. The molecule has 0 saturated carbocycles. The molecule has 1 aliphatic carbocycles. The molecule has 0 aromatic heterocycles. The van der Waals surface area contributed by atoms with Gasteiger partial charge in [0, 0.05) is 5.92 Å². The molecule has 1 nitrogen and oxygen atoms in total. The van der Waals surface area contributed by atoms with Gasteiger partial charge < -0.3 is 5.73 Å². The van der Waals surface area contributed by atoms with Gasteiger partial charge in [-0.3, -0.25) is 0 Å². The smallest absolute Gasteiger partial charge is 0.0805 e. The van der Waals surface area contributed by atoms with Gasteiger partial charge >= 0.3 is 0 Å². The third kappa shape index (κ3) is 2.11. The molecule has 0 bridgehead atoms. The summed E-state index contributed by atoms with van der Waals surface area (Å²) in [6.45, 7) is 6.71. The molecule has 0 spiro atoms. The zero-order valence-electron chi connectivity index (χ0n) is 8.76. The first-order valence-corrected chi connectivity index (χ1v) is 5.38. The fourth-order valence-corrected chi connectivity index (χ4v) is 2.78. The van der Waals surface area contributed by atoms with Gasteiger partial charge in [0.25, 0.3) is 0 Å². The Hall–Kier alpha value is -0.370. The molecule has 1 atom stereocenters. The maximum Gasteiger partial charge on any atom is 0.0805 e. The lowest BCUT2D eigenvalue weighted by Gasteiger charge is -2.38. The van der Waals surface area contributed by atoms with E-state index in [1.165, 1.54) is 18.4 Å². The Morgan fingerprint density at radius 1 is 1.69 bits per heavy atom. The zero-order chi connectivity index (χ0) is 10.1. The molecule has 0 heterocycles. The summed E-state index contributed by atoms with van der Waals surface area (Å²) in [5, 5.41) is 0. The third-order valence-corrected chi connectivity index (χ3v) is 3.28. The summed E-state index contributed by atoms with van der Waals surface area (Å²) in [5.74, 6) is 0.321. The van der Waals surface area contributed by atoms with Gasteiger partial charge in [-0.05, 0) is 24.7 Å². The molecule has 1 rings (SSSR count). The number of nitrogens with two attached hydrogens (primary N) is 1. The Morgan fingerprint density at radius 2 is 2.31 bits per heavy atom. The van der Waals surface area contributed by atoms with Crippen LogP contribution >= 0.6 is 12.2 Å². The number of hydrogen-bond donors (Lipinski definition) is 1. The minimum atomic E-state index is 0.256. The van der Waals surface area contributed by atoms with Crippen LogP contribution in [0.3, 0.4) is 0 Å². The Bertz CT molecular complexity index is 240. The molecule has 0 saturated heterocycles. The van der Waals surface area contributed by atoms with E-state index in [0.29, 0.717) is 10.9 Å². The van der Waals surface area contributed by atoms with Crippen molar-refractivity contribution in [3.63, 3.8) is 0 Å². The van der Waals surface area contributed by atoms with Gasteiger partial charge in [-0.1, -0.05) is 44.6 Å². The predicted octanol–water partition coefficient (Wildman–Crippen LogP) is 3.05. The molecule has 0 aromatic rings. The summed E-state index contributed by atoms with van der Waals surface area (Å²) >= 11 is 5.14. The van der Waals surface area contributed by atoms with Crippen LogP contribution in [0.5, 0.6) is 0 Å². The molecule has 74 valence electrons. The summed E-state index contributed by atoms with van der Waals surface area (Å²) in [6, 6.07) is 0. The van der Waals surface area contributed by atoms with Crippen molar-refractivity contribution >= 4 is 17.2 Å².